The summed E-state index contributed by atoms with van der Waals surface area (Å²) in [7, 11) is 0. The molecule has 0 fully saturated rings. The summed E-state index contributed by atoms with van der Waals surface area (Å²) in [5.41, 5.74) is 1.96. The van der Waals surface area contributed by atoms with E-state index in [-0.39, 0.29) is 0 Å². The third-order valence-electron chi connectivity index (χ3n) is 1.47. The fourth-order valence-electron chi connectivity index (χ4n) is 0.774. The zero-order valence-electron chi connectivity index (χ0n) is 11.2. The molecule has 0 spiro atoms. The minimum absolute atomic E-state index is 0.552. The molecule has 2 heteroatoms. The standard InChI is InChI=1S/C12H20O2.C2H6/c1-5-13-8-9-14-10-12(4)7-6-11(2)3;1-2/h6-7H,2,4-5,8-10H2,1,3H3;1-2H3/b7-6-;. The smallest absolute Gasteiger partial charge is 0.0712 e. The van der Waals surface area contributed by atoms with Gasteiger partial charge in [-0.2, -0.15) is 0 Å². The number of rotatable bonds is 8. The molecular weight excluding hydrogens is 200 g/mol. The van der Waals surface area contributed by atoms with Gasteiger partial charge in [0, 0.05) is 6.61 Å². The molecule has 0 aliphatic rings. The maximum absolute atomic E-state index is 5.32. The summed E-state index contributed by atoms with van der Waals surface area (Å²) in [4.78, 5) is 0. The SMILES string of the molecule is C=C(C)/C=C\C(=C)COCCOCC.CC. The first kappa shape index (κ1) is 17.5. The van der Waals surface area contributed by atoms with Crippen LogP contribution in [0.5, 0.6) is 0 Å². The van der Waals surface area contributed by atoms with E-state index in [4.69, 9.17) is 9.47 Å². The Bertz CT molecular complexity index is 205. The zero-order chi connectivity index (χ0) is 12.8. The Kier molecular flexibility index (Phi) is 15.5. The van der Waals surface area contributed by atoms with Gasteiger partial charge in [-0.15, -0.1) is 0 Å². The van der Waals surface area contributed by atoms with E-state index in [1.807, 2.05) is 39.8 Å². The van der Waals surface area contributed by atoms with Crippen LogP contribution in [-0.4, -0.2) is 26.4 Å². The normalized spacial score (nSPS) is 9.75. The van der Waals surface area contributed by atoms with Crippen molar-refractivity contribution < 1.29 is 9.47 Å². The van der Waals surface area contributed by atoms with Gasteiger partial charge in [0.2, 0.25) is 0 Å². The van der Waals surface area contributed by atoms with E-state index in [0.717, 1.165) is 17.8 Å². The highest BCUT2D eigenvalue weighted by Crippen LogP contribution is 1.97. The summed E-state index contributed by atoms with van der Waals surface area (Å²) in [5, 5.41) is 0. The molecule has 0 rings (SSSR count). The molecule has 0 amide bonds. The van der Waals surface area contributed by atoms with Crippen molar-refractivity contribution in [1.82, 2.24) is 0 Å². The van der Waals surface area contributed by atoms with Gasteiger partial charge in [0.25, 0.3) is 0 Å². The van der Waals surface area contributed by atoms with E-state index in [1.54, 1.807) is 0 Å². The molecule has 0 aliphatic carbocycles. The molecule has 0 heterocycles. The highest BCUT2D eigenvalue weighted by Gasteiger charge is 1.90. The molecule has 0 aliphatic heterocycles. The third kappa shape index (κ3) is 15.6. The molecule has 94 valence electrons. The van der Waals surface area contributed by atoms with Gasteiger partial charge in [-0.25, -0.2) is 0 Å². The van der Waals surface area contributed by atoms with Crippen LogP contribution < -0.4 is 0 Å². The average Bonchev–Trinajstić information content (AvgIpc) is 2.29. The minimum Gasteiger partial charge on any atom is -0.379 e. The molecule has 0 aromatic carbocycles. The lowest BCUT2D eigenvalue weighted by molar-refractivity contribution is 0.0628. The molecule has 0 bridgehead atoms. The Morgan fingerprint density at radius 2 is 1.62 bits per heavy atom. The second-order valence-electron chi connectivity index (χ2n) is 3.09. The highest BCUT2D eigenvalue weighted by atomic mass is 16.5. The maximum Gasteiger partial charge on any atom is 0.0712 e. The Labute approximate surface area is 101 Å². The van der Waals surface area contributed by atoms with Crippen molar-refractivity contribution in [2.24, 2.45) is 0 Å². The van der Waals surface area contributed by atoms with Gasteiger partial charge < -0.3 is 9.47 Å². The van der Waals surface area contributed by atoms with E-state index in [0.29, 0.717) is 19.8 Å². The van der Waals surface area contributed by atoms with Crippen molar-refractivity contribution in [3.05, 3.63) is 36.5 Å². The van der Waals surface area contributed by atoms with Crippen LogP contribution in [-0.2, 0) is 9.47 Å². The van der Waals surface area contributed by atoms with Crippen molar-refractivity contribution in [1.29, 1.82) is 0 Å². The molecule has 0 atom stereocenters. The van der Waals surface area contributed by atoms with Crippen LogP contribution in [0.3, 0.4) is 0 Å². The Morgan fingerprint density at radius 1 is 1.06 bits per heavy atom. The molecule has 16 heavy (non-hydrogen) atoms. The molecule has 0 radical (unpaired) electrons. The van der Waals surface area contributed by atoms with Crippen molar-refractivity contribution >= 4 is 0 Å². The van der Waals surface area contributed by atoms with Gasteiger partial charge in [-0.1, -0.05) is 44.7 Å². The van der Waals surface area contributed by atoms with Gasteiger partial charge in [0.15, 0.2) is 0 Å². The van der Waals surface area contributed by atoms with Crippen molar-refractivity contribution in [3.8, 4) is 0 Å². The first-order valence-corrected chi connectivity index (χ1v) is 5.83. The molecular formula is C14H26O2. The minimum atomic E-state index is 0.552. The van der Waals surface area contributed by atoms with Crippen LogP contribution in [0.2, 0.25) is 0 Å². The van der Waals surface area contributed by atoms with Crippen LogP contribution in [0.25, 0.3) is 0 Å². The molecule has 0 aromatic heterocycles. The number of allylic oxidation sites excluding steroid dienone is 2. The summed E-state index contributed by atoms with van der Waals surface area (Å²) in [5.74, 6) is 0. The summed E-state index contributed by atoms with van der Waals surface area (Å²) >= 11 is 0. The van der Waals surface area contributed by atoms with Gasteiger partial charge in [0.1, 0.15) is 0 Å². The highest BCUT2D eigenvalue weighted by molar-refractivity contribution is 5.23. The molecule has 2 nitrogen and oxygen atoms in total. The quantitative estimate of drug-likeness (QED) is 0.463. The van der Waals surface area contributed by atoms with Gasteiger partial charge in [0.05, 0.1) is 19.8 Å². The summed E-state index contributed by atoms with van der Waals surface area (Å²) < 4.78 is 10.5. The summed E-state index contributed by atoms with van der Waals surface area (Å²) in [6.45, 7) is 18.1. The molecule has 0 saturated heterocycles. The number of ether oxygens (including phenoxy) is 2. The fraction of sp³-hybridized carbons (Fsp3) is 0.571. The van der Waals surface area contributed by atoms with Crippen LogP contribution in [0.4, 0.5) is 0 Å². The van der Waals surface area contributed by atoms with Gasteiger partial charge >= 0.3 is 0 Å². The fourth-order valence-corrected chi connectivity index (χ4v) is 0.774. The van der Waals surface area contributed by atoms with Crippen molar-refractivity contribution in [2.45, 2.75) is 27.7 Å². The molecule has 0 aromatic rings. The van der Waals surface area contributed by atoms with E-state index >= 15 is 0 Å². The predicted molar refractivity (Wildman–Crippen MR) is 71.8 cm³/mol. The first-order chi connectivity index (χ1) is 7.66. The van der Waals surface area contributed by atoms with Gasteiger partial charge in [-0.3, -0.25) is 0 Å². The van der Waals surface area contributed by atoms with E-state index in [2.05, 4.69) is 13.2 Å². The Balaban J connectivity index is 0. The van der Waals surface area contributed by atoms with Crippen molar-refractivity contribution in [2.75, 3.05) is 26.4 Å². The number of hydrogen-bond donors (Lipinski definition) is 0. The Morgan fingerprint density at radius 3 is 2.12 bits per heavy atom. The van der Waals surface area contributed by atoms with Crippen LogP contribution in [0.15, 0.2) is 36.5 Å². The lowest BCUT2D eigenvalue weighted by Gasteiger charge is -2.03. The average molecular weight is 226 g/mol. The van der Waals surface area contributed by atoms with Crippen LogP contribution in [0.1, 0.15) is 27.7 Å². The van der Waals surface area contributed by atoms with E-state index < -0.39 is 0 Å². The zero-order valence-corrected chi connectivity index (χ0v) is 11.2. The summed E-state index contributed by atoms with van der Waals surface area (Å²) in [6.07, 6.45) is 3.84. The van der Waals surface area contributed by atoms with E-state index in [1.165, 1.54) is 0 Å². The second-order valence-corrected chi connectivity index (χ2v) is 3.09. The lowest BCUT2D eigenvalue weighted by atomic mass is 10.2. The molecule has 0 unspecified atom stereocenters. The number of hydrogen-bond acceptors (Lipinski definition) is 2. The largest absolute Gasteiger partial charge is 0.379 e. The van der Waals surface area contributed by atoms with Gasteiger partial charge in [-0.05, 0) is 19.4 Å². The van der Waals surface area contributed by atoms with Crippen LogP contribution in [0, 0.1) is 0 Å². The first-order valence-electron chi connectivity index (χ1n) is 5.83. The molecule has 0 saturated carbocycles. The lowest BCUT2D eigenvalue weighted by Crippen LogP contribution is -2.05. The predicted octanol–water partition coefficient (Wildman–Crippen LogP) is 3.75. The third-order valence-corrected chi connectivity index (χ3v) is 1.47. The van der Waals surface area contributed by atoms with E-state index in [9.17, 15) is 0 Å². The van der Waals surface area contributed by atoms with Crippen LogP contribution >= 0.6 is 0 Å². The van der Waals surface area contributed by atoms with Crippen molar-refractivity contribution in [3.63, 3.8) is 0 Å². The molecule has 0 N–H and O–H groups in total. The topological polar surface area (TPSA) is 18.5 Å². The monoisotopic (exact) mass is 226 g/mol. The maximum atomic E-state index is 5.32. The summed E-state index contributed by atoms with van der Waals surface area (Å²) in [6, 6.07) is 0. The Hall–Kier alpha value is -0.860. The second kappa shape index (κ2) is 14.1.